The molecule has 0 aromatic heterocycles. The molecule has 2 aliphatic heterocycles. The van der Waals surface area contributed by atoms with E-state index in [0.29, 0.717) is 5.56 Å². The molecule has 4 rings (SSSR count). The van der Waals surface area contributed by atoms with E-state index < -0.39 is 55.8 Å². The summed E-state index contributed by atoms with van der Waals surface area (Å²) in [5.41, 5.74) is 0.555. The lowest BCUT2D eigenvalue weighted by Gasteiger charge is -2.36. The van der Waals surface area contributed by atoms with E-state index in [1.54, 1.807) is 37.3 Å². The van der Waals surface area contributed by atoms with Gasteiger partial charge in [-0.2, -0.15) is 0 Å². The molecular weight excluding hydrogens is 452 g/mol. The first-order chi connectivity index (χ1) is 15.7. The number of carboxylic acids is 1. The van der Waals surface area contributed by atoms with Gasteiger partial charge in [-0.1, -0.05) is 30.3 Å². The summed E-state index contributed by atoms with van der Waals surface area (Å²) in [5.74, 6) is -4.24. The molecule has 0 bridgehead atoms. The smallest absolute Gasteiger partial charge is 0.307 e. The van der Waals surface area contributed by atoms with Crippen LogP contribution in [0.25, 0.3) is 0 Å². The highest BCUT2D eigenvalue weighted by atomic mass is 32.2. The lowest BCUT2D eigenvalue weighted by molar-refractivity contribution is -0.146. The Labute approximate surface area is 191 Å². The fraction of sp³-hybridized carbons (Fsp3) is 0.458. The van der Waals surface area contributed by atoms with Crippen molar-refractivity contribution in [1.82, 2.24) is 5.32 Å². The van der Waals surface area contributed by atoms with Crippen molar-refractivity contribution >= 4 is 15.8 Å². The molecule has 1 unspecified atom stereocenters. The van der Waals surface area contributed by atoms with E-state index in [1.807, 2.05) is 0 Å². The molecule has 2 N–H and O–H groups in total. The Hall–Kier alpha value is -2.36. The van der Waals surface area contributed by atoms with E-state index >= 15 is 8.78 Å². The molecule has 2 aliphatic rings. The van der Waals surface area contributed by atoms with Crippen LogP contribution in [-0.2, 0) is 25.8 Å². The highest BCUT2D eigenvalue weighted by Crippen LogP contribution is 2.36. The number of carboxylic acid groups (broad SMARTS) is 1. The Morgan fingerprint density at radius 1 is 1.18 bits per heavy atom. The summed E-state index contributed by atoms with van der Waals surface area (Å²) < 4.78 is 62.3. The molecular formula is C24H27F2NO5S. The zero-order valence-corrected chi connectivity index (χ0v) is 19.0. The second-order valence-corrected chi connectivity index (χ2v) is 11.2. The van der Waals surface area contributed by atoms with Crippen LogP contribution in [-0.4, -0.2) is 50.5 Å². The van der Waals surface area contributed by atoms with Gasteiger partial charge in [0.25, 0.3) is 0 Å². The zero-order chi connectivity index (χ0) is 23.8. The fourth-order valence-corrected chi connectivity index (χ4v) is 7.27. The van der Waals surface area contributed by atoms with Gasteiger partial charge in [0, 0.05) is 25.1 Å². The number of benzene rings is 2. The summed E-state index contributed by atoms with van der Waals surface area (Å²) >= 11 is 0. The maximum Gasteiger partial charge on any atom is 0.307 e. The number of hydrogen-bond donors (Lipinski definition) is 2. The van der Waals surface area contributed by atoms with Gasteiger partial charge in [-0.3, -0.25) is 4.79 Å². The first-order valence-corrected chi connectivity index (χ1v) is 12.6. The van der Waals surface area contributed by atoms with Gasteiger partial charge in [-0.05, 0) is 48.6 Å². The van der Waals surface area contributed by atoms with Gasteiger partial charge < -0.3 is 15.2 Å². The van der Waals surface area contributed by atoms with Crippen molar-refractivity contribution in [2.45, 2.75) is 42.2 Å². The number of halogens is 2. The first kappa shape index (κ1) is 23.8. The van der Waals surface area contributed by atoms with Crippen molar-refractivity contribution in [2.24, 2.45) is 5.92 Å². The molecule has 2 fully saturated rings. The summed E-state index contributed by atoms with van der Waals surface area (Å²) in [6.07, 6.45) is 0.0274. The average Bonchev–Trinajstić information content (AvgIpc) is 2.79. The van der Waals surface area contributed by atoms with Gasteiger partial charge in [0.2, 0.25) is 0 Å². The quantitative estimate of drug-likeness (QED) is 0.684. The molecule has 6 nitrogen and oxygen atoms in total. The second kappa shape index (κ2) is 9.48. The van der Waals surface area contributed by atoms with Crippen molar-refractivity contribution in [2.75, 3.05) is 19.8 Å². The van der Waals surface area contributed by atoms with Crippen molar-refractivity contribution in [3.63, 3.8) is 0 Å². The van der Waals surface area contributed by atoms with Gasteiger partial charge in [-0.15, -0.1) is 0 Å². The molecule has 0 amide bonds. The molecule has 0 saturated carbocycles. The molecule has 2 aromatic rings. The number of carbonyl (C=O) groups is 1. The van der Waals surface area contributed by atoms with Crippen LogP contribution in [0.3, 0.4) is 0 Å². The summed E-state index contributed by atoms with van der Waals surface area (Å²) in [7, 11) is -3.69. The Balaban J connectivity index is 1.63. The Bertz CT molecular complexity index is 1130. The molecule has 0 aliphatic carbocycles. The molecule has 0 spiro atoms. The Kier molecular flexibility index (Phi) is 6.83. The van der Waals surface area contributed by atoms with E-state index in [0.717, 1.165) is 12.1 Å². The zero-order valence-electron chi connectivity index (χ0n) is 18.2. The van der Waals surface area contributed by atoms with Crippen LogP contribution < -0.4 is 5.32 Å². The predicted octanol–water partition coefficient (Wildman–Crippen LogP) is 3.23. The molecule has 178 valence electrons. The Morgan fingerprint density at radius 3 is 2.61 bits per heavy atom. The topological polar surface area (TPSA) is 92.7 Å². The SMILES string of the molecule is C[C@@H]1NC[C@@H](c2ccccc2)S(=O)(=O)C1Cc1cc(F)c([C@@H]2COCC[C@H]2C(=O)O)cc1F. The molecule has 2 aromatic carbocycles. The number of ether oxygens (including phenoxy) is 1. The van der Waals surface area contributed by atoms with Crippen molar-refractivity contribution in [1.29, 1.82) is 0 Å². The van der Waals surface area contributed by atoms with Gasteiger partial charge >= 0.3 is 5.97 Å². The molecule has 2 saturated heterocycles. The standard InChI is InChI=1S/C24H27F2NO5S/c1-14-22(33(30,31)23(12-27-14)15-5-3-2-4-6-15)10-16-9-21(26)18(11-20(16)25)19-13-32-8-7-17(19)24(28)29/h2-6,9,11,14,17,19,22-23,27H,7-8,10,12-13H2,1H3,(H,28,29)/t14-,17+,19+,22?,23-/m0/s1. The number of aliphatic carboxylic acids is 1. The van der Waals surface area contributed by atoms with E-state index in [9.17, 15) is 18.3 Å². The van der Waals surface area contributed by atoms with Crippen LogP contribution >= 0.6 is 0 Å². The van der Waals surface area contributed by atoms with Gasteiger partial charge in [0.1, 0.15) is 11.6 Å². The molecule has 9 heteroatoms. The van der Waals surface area contributed by atoms with Crippen LogP contribution in [0.15, 0.2) is 42.5 Å². The third kappa shape index (κ3) is 4.67. The van der Waals surface area contributed by atoms with Crippen molar-refractivity contribution in [3.8, 4) is 0 Å². The highest BCUT2D eigenvalue weighted by molar-refractivity contribution is 7.92. The monoisotopic (exact) mass is 479 g/mol. The van der Waals surface area contributed by atoms with E-state index in [-0.39, 0.29) is 43.7 Å². The minimum absolute atomic E-state index is 0.0105. The lowest BCUT2D eigenvalue weighted by atomic mass is 9.82. The minimum Gasteiger partial charge on any atom is -0.481 e. The second-order valence-electron chi connectivity index (χ2n) is 8.81. The van der Waals surface area contributed by atoms with Crippen LogP contribution in [0, 0.1) is 17.6 Å². The van der Waals surface area contributed by atoms with Crippen LogP contribution in [0.5, 0.6) is 0 Å². The number of nitrogens with one attached hydrogen (secondary N) is 1. The fourth-order valence-electron chi connectivity index (χ4n) is 4.90. The van der Waals surface area contributed by atoms with Crippen LogP contribution in [0.1, 0.15) is 41.2 Å². The molecule has 2 heterocycles. The van der Waals surface area contributed by atoms with Crippen molar-refractivity contribution < 1.29 is 31.8 Å². The molecule has 0 radical (unpaired) electrons. The van der Waals surface area contributed by atoms with E-state index in [4.69, 9.17) is 4.74 Å². The minimum atomic E-state index is -3.69. The highest BCUT2D eigenvalue weighted by Gasteiger charge is 2.43. The third-order valence-corrected chi connectivity index (χ3v) is 9.48. The number of sulfone groups is 1. The number of hydrogen-bond acceptors (Lipinski definition) is 5. The van der Waals surface area contributed by atoms with Gasteiger partial charge in [-0.25, -0.2) is 17.2 Å². The summed E-state index contributed by atoms with van der Waals surface area (Å²) in [6.45, 7) is 2.22. The summed E-state index contributed by atoms with van der Waals surface area (Å²) in [5, 5.41) is 10.9. The van der Waals surface area contributed by atoms with Crippen molar-refractivity contribution in [3.05, 3.63) is 70.8 Å². The largest absolute Gasteiger partial charge is 0.481 e. The predicted molar refractivity (Wildman–Crippen MR) is 119 cm³/mol. The third-order valence-electron chi connectivity index (χ3n) is 6.83. The van der Waals surface area contributed by atoms with Crippen LogP contribution in [0.4, 0.5) is 8.78 Å². The van der Waals surface area contributed by atoms with E-state index in [2.05, 4.69) is 5.32 Å². The lowest BCUT2D eigenvalue weighted by Crippen LogP contribution is -2.53. The van der Waals surface area contributed by atoms with E-state index in [1.165, 1.54) is 0 Å². The average molecular weight is 480 g/mol. The molecule has 5 atom stereocenters. The Morgan fingerprint density at radius 2 is 1.91 bits per heavy atom. The van der Waals surface area contributed by atoms with Gasteiger partial charge in [0.05, 0.1) is 23.0 Å². The summed E-state index contributed by atoms with van der Waals surface area (Å²) in [6, 6.07) is 10.4. The first-order valence-electron chi connectivity index (χ1n) is 11.0. The molecule has 33 heavy (non-hydrogen) atoms. The van der Waals surface area contributed by atoms with Crippen LogP contribution in [0.2, 0.25) is 0 Å². The normalized spacial score (nSPS) is 29.5. The van der Waals surface area contributed by atoms with Gasteiger partial charge in [0.15, 0.2) is 9.84 Å². The maximum absolute atomic E-state index is 15.1. The summed E-state index contributed by atoms with van der Waals surface area (Å²) in [4.78, 5) is 11.6. The number of rotatable bonds is 5. The maximum atomic E-state index is 15.1.